The molecule has 0 aliphatic heterocycles. The van der Waals surface area contributed by atoms with Crippen molar-refractivity contribution in [1.82, 2.24) is 5.73 Å². The summed E-state index contributed by atoms with van der Waals surface area (Å²) < 4.78 is 0. The van der Waals surface area contributed by atoms with Crippen LogP contribution in [0, 0.1) is 0 Å². The van der Waals surface area contributed by atoms with Crippen molar-refractivity contribution in [3.63, 3.8) is 0 Å². The Morgan fingerprint density at radius 2 is 1.17 bits per heavy atom. The third kappa shape index (κ3) is 2.75. The number of anilines is 2. The molecule has 2 amide bonds. The first-order valence-corrected chi connectivity index (χ1v) is 5.90. The highest BCUT2D eigenvalue weighted by Crippen LogP contribution is 2.27. The van der Waals surface area contributed by atoms with E-state index in [9.17, 15) is 4.79 Å². The number of hydrogen-bond donors (Lipinski definition) is 0. The zero-order chi connectivity index (χ0) is 13.1. The number of carbonyl (C=O) groups excluding carboxylic acids is 1. The van der Waals surface area contributed by atoms with Gasteiger partial charge in [0.1, 0.15) is 0 Å². The van der Waals surface area contributed by atoms with Crippen molar-refractivity contribution in [2.45, 2.75) is 0 Å². The molecule has 5 heteroatoms. The van der Waals surface area contributed by atoms with E-state index in [1.54, 1.807) is 48.5 Å². The molecule has 2 rings (SSSR count). The van der Waals surface area contributed by atoms with Crippen molar-refractivity contribution in [3.8, 4) is 0 Å². The molecule has 0 saturated carbocycles. The van der Waals surface area contributed by atoms with E-state index in [-0.39, 0.29) is 0 Å². The Hall–Kier alpha value is -1.71. The summed E-state index contributed by atoms with van der Waals surface area (Å²) in [6.07, 6.45) is 0. The smallest absolute Gasteiger partial charge is 0.262 e. The SMILES string of the molecule is [NH]C(=O)N(c1ccc(Cl)cc1)c1ccc(Cl)cc1. The van der Waals surface area contributed by atoms with Gasteiger partial charge in [-0.05, 0) is 48.5 Å². The Balaban J connectivity index is 2.43. The molecule has 0 heterocycles. The lowest BCUT2D eigenvalue weighted by molar-refractivity contribution is 0.255. The molecular formula is C13H9Cl2N2O. The number of urea groups is 1. The molecule has 2 aromatic rings. The highest BCUT2D eigenvalue weighted by molar-refractivity contribution is 6.31. The van der Waals surface area contributed by atoms with Crippen molar-refractivity contribution in [2.24, 2.45) is 0 Å². The Bertz CT molecular complexity index is 507. The first-order valence-electron chi connectivity index (χ1n) is 5.15. The van der Waals surface area contributed by atoms with Gasteiger partial charge >= 0.3 is 6.03 Å². The molecule has 0 aliphatic rings. The number of carbonyl (C=O) groups is 1. The predicted octanol–water partition coefficient (Wildman–Crippen LogP) is 4.53. The van der Waals surface area contributed by atoms with Crippen molar-refractivity contribution >= 4 is 40.6 Å². The van der Waals surface area contributed by atoms with Crippen molar-refractivity contribution in [3.05, 3.63) is 58.6 Å². The average molecular weight is 280 g/mol. The van der Waals surface area contributed by atoms with Crippen LogP contribution in [0.1, 0.15) is 0 Å². The van der Waals surface area contributed by atoms with Crippen LogP contribution in [0.15, 0.2) is 48.5 Å². The summed E-state index contributed by atoms with van der Waals surface area (Å²) in [5.74, 6) is 0. The summed E-state index contributed by atoms with van der Waals surface area (Å²) in [5.41, 5.74) is 8.51. The highest BCUT2D eigenvalue weighted by atomic mass is 35.5. The van der Waals surface area contributed by atoms with Gasteiger partial charge in [0.25, 0.3) is 0 Å². The van der Waals surface area contributed by atoms with Gasteiger partial charge in [0.2, 0.25) is 0 Å². The van der Waals surface area contributed by atoms with E-state index >= 15 is 0 Å². The number of halogens is 2. The van der Waals surface area contributed by atoms with Crippen LogP contribution in [0.4, 0.5) is 16.2 Å². The quantitative estimate of drug-likeness (QED) is 0.796. The molecule has 0 saturated heterocycles. The fourth-order valence-corrected chi connectivity index (χ4v) is 1.82. The Labute approximate surface area is 115 Å². The maximum absolute atomic E-state index is 11.4. The van der Waals surface area contributed by atoms with E-state index in [2.05, 4.69) is 0 Å². The molecule has 3 nitrogen and oxygen atoms in total. The van der Waals surface area contributed by atoms with Gasteiger partial charge in [0, 0.05) is 10.0 Å². The Morgan fingerprint density at radius 3 is 1.44 bits per heavy atom. The number of nitrogens with one attached hydrogen (secondary N) is 1. The van der Waals surface area contributed by atoms with Crippen LogP contribution in [0.25, 0.3) is 0 Å². The highest BCUT2D eigenvalue weighted by Gasteiger charge is 2.15. The van der Waals surface area contributed by atoms with Gasteiger partial charge in [-0.1, -0.05) is 23.2 Å². The zero-order valence-corrected chi connectivity index (χ0v) is 10.7. The first kappa shape index (κ1) is 12.7. The second-order valence-electron chi connectivity index (χ2n) is 3.59. The van der Waals surface area contributed by atoms with Crippen LogP contribution >= 0.6 is 23.2 Å². The minimum absolute atomic E-state index is 0.576. The molecule has 0 unspecified atom stereocenters. The Kier molecular flexibility index (Phi) is 3.75. The van der Waals surface area contributed by atoms with Crippen molar-refractivity contribution in [1.29, 1.82) is 0 Å². The lowest BCUT2D eigenvalue weighted by atomic mass is 10.2. The number of rotatable bonds is 2. The second-order valence-corrected chi connectivity index (χ2v) is 4.47. The molecule has 0 fully saturated rings. The number of amides is 2. The molecule has 1 N–H and O–H groups in total. The standard InChI is InChI=1S/C13H9Cl2N2O/c14-9-1-5-11(6-2-9)17(13(16)18)12-7-3-10(15)4-8-12/h1-8,16H. The van der Waals surface area contributed by atoms with Crippen molar-refractivity contribution < 1.29 is 4.79 Å². The molecule has 0 aromatic heterocycles. The van der Waals surface area contributed by atoms with Crippen LogP contribution < -0.4 is 10.6 Å². The Morgan fingerprint density at radius 1 is 0.833 bits per heavy atom. The monoisotopic (exact) mass is 279 g/mol. The molecular weight excluding hydrogens is 271 g/mol. The summed E-state index contributed by atoms with van der Waals surface area (Å²) in [6.45, 7) is 0. The summed E-state index contributed by atoms with van der Waals surface area (Å²) in [4.78, 5) is 12.7. The predicted molar refractivity (Wildman–Crippen MR) is 73.5 cm³/mol. The van der Waals surface area contributed by atoms with Gasteiger partial charge in [-0.25, -0.2) is 10.5 Å². The third-order valence-corrected chi connectivity index (χ3v) is 2.88. The lowest BCUT2D eigenvalue weighted by Crippen LogP contribution is -2.24. The van der Waals surface area contributed by atoms with E-state index in [1.807, 2.05) is 0 Å². The summed E-state index contributed by atoms with van der Waals surface area (Å²) >= 11 is 11.6. The second kappa shape index (κ2) is 5.29. The van der Waals surface area contributed by atoms with Gasteiger partial charge in [-0.15, -0.1) is 0 Å². The number of hydrogen-bond acceptors (Lipinski definition) is 1. The maximum Gasteiger partial charge on any atom is 0.345 e. The number of benzene rings is 2. The lowest BCUT2D eigenvalue weighted by Gasteiger charge is -2.20. The first-order chi connectivity index (χ1) is 8.58. The molecule has 0 atom stereocenters. The van der Waals surface area contributed by atoms with Crippen LogP contribution in [-0.4, -0.2) is 6.03 Å². The largest absolute Gasteiger partial charge is 0.345 e. The maximum atomic E-state index is 11.4. The average Bonchev–Trinajstić information content (AvgIpc) is 2.34. The minimum atomic E-state index is -0.820. The normalized spacial score (nSPS) is 10.1. The van der Waals surface area contributed by atoms with Gasteiger partial charge < -0.3 is 0 Å². The molecule has 0 aliphatic carbocycles. The molecule has 1 radical (unpaired) electrons. The molecule has 2 aromatic carbocycles. The summed E-state index contributed by atoms with van der Waals surface area (Å²) in [6, 6.07) is 12.6. The van der Waals surface area contributed by atoms with Crippen LogP contribution in [0.3, 0.4) is 0 Å². The van der Waals surface area contributed by atoms with Crippen LogP contribution in [0.2, 0.25) is 10.0 Å². The molecule has 18 heavy (non-hydrogen) atoms. The molecule has 91 valence electrons. The van der Waals surface area contributed by atoms with E-state index in [4.69, 9.17) is 28.9 Å². The van der Waals surface area contributed by atoms with Gasteiger partial charge in [-0.3, -0.25) is 4.90 Å². The van der Waals surface area contributed by atoms with E-state index in [0.717, 1.165) is 0 Å². The fraction of sp³-hybridized carbons (Fsp3) is 0. The van der Waals surface area contributed by atoms with Gasteiger partial charge in [0.15, 0.2) is 0 Å². The summed E-state index contributed by atoms with van der Waals surface area (Å²) in [5, 5.41) is 1.15. The van der Waals surface area contributed by atoms with E-state index in [0.29, 0.717) is 21.4 Å². The fourth-order valence-electron chi connectivity index (χ4n) is 1.56. The van der Waals surface area contributed by atoms with E-state index < -0.39 is 6.03 Å². The van der Waals surface area contributed by atoms with Gasteiger partial charge in [-0.2, -0.15) is 0 Å². The number of nitrogens with zero attached hydrogens (tertiary/aromatic N) is 1. The van der Waals surface area contributed by atoms with Crippen LogP contribution in [0.5, 0.6) is 0 Å². The third-order valence-electron chi connectivity index (χ3n) is 2.37. The molecule has 0 spiro atoms. The van der Waals surface area contributed by atoms with Crippen LogP contribution in [-0.2, 0) is 0 Å². The summed E-state index contributed by atoms with van der Waals surface area (Å²) in [7, 11) is 0. The zero-order valence-electron chi connectivity index (χ0n) is 9.23. The van der Waals surface area contributed by atoms with E-state index in [1.165, 1.54) is 4.90 Å². The molecule has 0 bridgehead atoms. The van der Waals surface area contributed by atoms with Gasteiger partial charge in [0.05, 0.1) is 11.4 Å². The topological polar surface area (TPSA) is 44.1 Å². The van der Waals surface area contributed by atoms with Crippen molar-refractivity contribution in [2.75, 3.05) is 4.90 Å². The minimum Gasteiger partial charge on any atom is -0.262 e.